The predicted octanol–water partition coefficient (Wildman–Crippen LogP) is 1.47. The molecule has 1 fully saturated rings. The highest BCUT2D eigenvalue weighted by atomic mass is 16.2. The standard InChI is InChI=1S/C14H14N2O3/c1-3-7-15-12(17)13(18)16(14(15)19)9-11-6-4-5-10(2)8-11/h3-6,8H,1,7,9H2,2H3. The average Bonchev–Trinajstić information content (AvgIpc) is 2.57. The lowest BCUT2D eigenvalue weighted by Gasteiger charge is -2.14. The molecule has 0 aromatic heterocycles. The maximum absolute atomic E-state index is 12.0. The van der Waals surface area contributed by atoms with Gasteiger partial charge in [-0.05, 0) is 12.5 Å². The highest BCUT2D eigenvalue weighted by molar-refractivity contribution is 6.44. The molecule has 2 rings (SSSR count). The van der Waals surface area contributed by atoms with E-state index in [0.717, 1.165) is 20.9 Å². The van der Waals surface area contributed by atoms with E-state index >= 15 is 0 Å². The van der Waals surface area contributed by atoms with Crippen molar-refractivity contribution in [3.05, 3.63) is 48.0 Å². The van der Waals surface area contributed by atoms with Crippen molar-refractivity contribution < 1.29 is 14.4 Å². The first kappa shape index (κ1) is 13.0. The molecular weight excluding hydrogens is 244 g/mol. The van der Waals surface area contributed by atoms with Crippen molar-refractivity contribution in [2.24, 2.45) is 0 Å². The number of benzene rings is 1. The van der Waals surface area contributed by atoms with Gasteiger partial charge in [0, 0.05) is 6.54 Å². The van der Waals surface area contributed by atoms with Crippen LogP contribution in [0.2, 0.25) is 0 Å². The Balaban J connectivity index is 2.21. The molecule has 5 nitrogen and oxygen atoms in total. The second-order valence-electron chi connectivity index (χ2n) is 4.37. The van der Waals surface area contributed by atoms with Crippen LogP contribution in [-0.4, -0.2) is 34.2 Å². The largest absolute Gasteiger partial charge is 0.334 e. The third-order valence-electron chi connectivity index (χ3n) is 2.87. The Morgan fingerprint density at radius 2 is 1.84 bits per heavy atom. The van der Waals surface area contributed by atoms with Gasteiger partial charge in [0.05, 0.1) is 6.54 Å². The molecule has 0 unspecified atom stereocenters. The zero-order valence-corrected chi connectivity index (χ0v) is 10.6. The highest BCUT2D eigenvalue weighted by Gasteiger charge is 2.43. The lowest BCUT2D eigenvalue weighted by molar-refractivity contribution is -0.143. The van der Waals surface area contributed by atoms with Crippen molar-refractivity contribution >= 4 is 17.8 Å². The molecule has 1 heterocycles. The third-order valence-corrected chi connectivity index (χ3v) is 2.87. The third kappa shape index (κ3) is 2.40. The second-order valence-corrected chi connectivity index (χ2v) is 4.37. The van der Waals surface area contributed by atoms with E-state index in [0.29, 0.717) is 0 Å². The smallest absolute Gasteiger partial charge is 0.263 e. The van der Waals surface area contributed by atoms with Crippen LogP contribution in [0.5, 0.6) is 0 Å². The first-order valence-corrected chi connectivity index (χ1v) is 5.88. The SMILES string of the molecule is C=CCN1C(=O)C(=O)N(Cc2cccc(C)c2)C1=O. The van der Waals surface area contributed by atoms with Gasteiger partial charge in [-0.1, -0.05) is 35.9 Å². The van der Waals surface area contributed by atoms with Gasteiger partial charge in [0.25, 0.3) is 0 Å². The van der Waals surface area contributed by atoms with Crippen LogP contribution in [0.1, 0.15) is 11.1 Å². The Kier molecular flexibility index (Phi) is 3.46. The number of urea groups is 1. The monoisotopic (exact) mass is 258 g/mol. The summed E-state index contributed by atoms with van der Waals surface area (Å²) in [6.07, 6.45) is 1.42. The fraction of sp³-hybridized carbons (Fsp3) is 0.214. The molecule has 1 aliphatic heterocycles. The minimum Gasteiger partial charge on any atom is -0.263 e. The molecule has 1 aliphatic rings. The number of aryl methyl sites for hydroxylation is 1. The van der Waals surface area contributed by atoms with Gasteiger partial charge in [-0.15, -0.1) is 6.58 Å². The van der Waals surface area contributed by atoms with E-state index in [1.54, 1.807) is 0 Å². The van der Waals surface area contributed by atoms with Crippen LogP contribution in [0.15, 0.2) is 36.9 Å². The molecule has 5 heteroatoms. The highest BCUT2D eigenvalue weighted by Crippen LogP contribution is 2.16. The maximum Gasteiger partial charge on any atom is 0.334 e. The summed E-state index contributed by atoms with van der Waals surface area (Å²) in [7, 11) is 0. The Bertz CT molecular complexity index is 566. The summed E-state index contributed by atoms with van der Waals surface area (Å²) < 4.78 is 0. The Hall–Kier alpha value is -2.43. The van der Waals surface area contributed by atoms with E-state index in [1.165, 1.54) is 6.08 Å². The van der Waals surface area contributed by atoms with Gasteiger partial charge in [0.1, 0.15) is 0 Å². The second kappa shape index (κ2) is 5.06. The molecule has 0 atom stereocenters. The van der Waals surface area contributed by atoms with E-state index in [-0.39, 0.29) is 13.1 Å². The molecule has 1 aromatic carbocycles. The van der Waals surface area contributed by atoms with Gasteiger partial charge in [-0.25, -0.2) is 4.79 Å². The van der Waals surface area contributed by atoms with E-state index in [4.69, 9.17) is 0 Å². The number of rotatable bonds is 4. The van der Waals surface area contributed by atoms with E-state index < -0.39 is 17.8 Å². The van der Waals surface area contributed by atoms with Crippen molar-refractivity contribution in [2.45, 2.75) is 13.5 Å². The molecule has 0 bridgehead atoms. The predicted molar refractivity (Wildman–Crippen MR) is 69.0 cm³/mol. The Morgan fingerprint density at radius 1 is 1.16 bits per heavy atom. The minimum atomic E-state index is -0.794. The van der Waals surface area contributed by atoms with E-state index in [2.05, 4.69) is 6.58 Å². The minimum absolute atomic E-state index is 0.0493. The van der Waals surface area contributed by atoms with Crippen LogP contribution in [0, 0.1) is 6.92 Å². The van der Waals surface area contributed by atoms with Gasteiger partial charge >= 0.3 is 17.8 Å². The summed E-state index contributed by atoms with van der Waals surface area (Å²) in [5.41, 5.74) is 1.85. The lowest BCUT2D eigenvalue weighted by Crippen LogP contribution is -2.33. The van der Waals surface area contributed by atoms with Crippen LogP contribution in [0.3, 0.4) is 0 Å². The average molecular weight is 258 g/mol. The van der Waals surface area contributed by atoms with Gasteiger partial charge in [0.15, 0.2) is 0 Å². The van der Waals surface area contributed by atoms with Crippen molar-refractivity contribution in [1.29, 1.82) is 0 Å². The molecule has 98 valence electrons. The fourth-order valence-corrected chi connectivity index (χ4v) is 1.97. The summed E-state index contributed by atoms with van der Waals surface area (Å²) in [5.74, 6) is -1.58. The summed E-state index contributed by atoms with van der Waals surface area (Å²) >= 11 is 0. The molecule has 1 aromatic rings. The number of hydrogen-bond acceptors (Lipinski definition) is 3. The zero-order chi connectivity index (χ0) is 14.0. The maximum atomic E-state index is 12.0. The fourth-order valence-electron chi connectivity index (χ4n) is 1.97. The molecule has 19 heavy (non-hydrogen) atoms. The van der Waals surface area contributed by atoms with Crippen molar-refractivity contribution in [3.8, 4) is 0 Å². The number of nitrogens with zero attached hydrogens (tertiary/aromatic N) is 2. The quantitative estimate of drug-likeness (QED) is 0.467. The number of hydrogen-bond donors (Lipinski definition) is 0. The molecule has 0 aliphatic carbocycles. The molecule has 1 saturated heterocycles. The Labute approximate surface area is 111 Å². The lowest BCUT2D eigenvalue weighted by atomic mass is 10.1. The molecule has 4 amide bonds. The van der Waals surface area contributed by atoms with Gasteiger partial charge in [0.2, 0.25) is 0 Å². The molecule has 0 radical (unpaired) electrons. The van der Waals surface area contributed by atoms with Crippen LogP contribution in [-0.2, 0) is 16.1 Å². The summed E-state index contributed by atoms with van der Waals surface area (Å²) in [5, 5.41) is 0. The van der Waals surface area contributed by atoms with Gasteiger partial charge in [-0.2, -0.15) is 0 Å². The van der Waals surface area contributed by atoms with Crippen molar-refractivity contribution in [3.63, 3.8) is 0 Å². The first-order chi connectivity index (χ1) is 9.04. The van der Waals surface area contributed by atoms with Crippen LogP contribution < -0.4 is 0 Å². The number of carbonyl (C=O) groups excluding carboxylic acids is 3. The summed E-state index contributed by atoms with van der Waals surface area (Å²) in [6, 6.07) is 6.87. The van der Waals surface area contributed by atoms with Crippen LogP contribution in [0.25, 0.3) is 0 Å². The zero-order valence-electron chi connectivity index (χ0n) is 10.6. The van der Waals surface area contributed by atoms with E-state index in [1.807, 2.05) is 31.2 Å². The number of imide groups is 2. The molecule has 0 N–H and O–H groups in total. The normalized spacial score (nSPS) is 15.3. The van der Waals surface area contributed by atoms with Crippen LogP contribution in [0.4, 0.5) is 4.79 Å². The van der Waals surface area contributed by atoms with Gasteiger partial charge < -0.3 is 0 Å². The number of amides is 4. The topological polar surface area (TPSA) is 57.7 Å². The van der Waals surface area contributed by atoms with E-state index in [9.17, 15) is 14.4 Å². The molecular formula is C14H14N2O3. The molecule has 0 spiro atoms. The number of carbonyl (C=O) groups is 3. The Morgan fingerprint density at radius 3 is 2.47 bits per heavy atom. The van der Waals surface area contributed by atoms with Crippen molar-refractivity contribution in [1.82, 2.24) is 9.80 Å². The summed E-state index contributed by atoms with van der Waals surface area (Å²) in [4.78, 5) is 37.2. The van der Waals surface area contributed by atoms with Gasteiger partial charge in [-0.3, -0.25) is 19.4 Å². The van der Waals surface area contributed by atoms with Crippen LogP contribution >= 0.6 is 0 Å². The van der Waals surface area contributed by atoms with Crippen molar-refractivity contribution in [2.75, 3.05) is 6.54 Å². The first-order valence-electron chi connectivity index (χ1n) is 5.88. The summed E-state index contributed by atoms with van der Waals surface area (Å²) in [6.45, 7) is 5.54. The molecule has 0 saturated carbocycles.